The van der Waals surface area contributed by atoms with Crippen molar-refractivity contribution in [1.82, 2.24) is 4.90 Å². The van der Waals surface area contributed by atoms with Crippen LogP contribution in [0.1, 0.15) is 28.4 Å². The maximum atomic E-state index is 14.0. The topological polar surface area (TPSA) is 40.5 Å². The number of aliphatic hydroxyl groups is 1. The van der Waals surface area contributed by atoms with Crippen molar-refractivity contribution < 1.29 is 18.7 Å². The van der Waals surface area contributed by atoms with Crippen LogP contribution in [0.3, 0.4) is 0 Å². The van der Waals surface area contributed by atoms with Gasteiger partial charge in [0.2, 0.25) is 0 Å². The summed E-state index contributed by atoms with van der Waals surface area (Å²) in [5, 5.41) is 10.4. The van der Waals surface area contributed by atoms with Gasteiger partial charge in [0.1, 0.15) is 11.6 Å². The number of carbonyl (C=O) groups is 1. The second kappa shape index (κ2) is 6.26. The molecule has 1 amide bonds. The molecule has 120 valence electrons. The molecule has 6 heteroatoms. The van der Waals surface area contributed by atoms with Crippen molar-refractivity contribution in [3.63, 3.8) is 0 Å². The Morgan fingerprint density at radius 3 is 2.57 bits per heavy atom. The number of carbonyl (C=O) groups excluding carboxylic acids is 1. The number of amides is 1. The SMILES string of the molecule is O=C(c1ccc(Cl)cc1)N1CC(O)CC1c1cc(F)ccc1F. The Bertz CT molecular complexity index is 736. The van der Waals surface area contributed by atoms with E-state index in [4.69, 9.17) is 11.6 Å². The van der Waals surface area contributed by atoms with Crippen LogP contribution in [0.15, 0.2) is 42.5 Å². The summed E-state index contributed by atoms with van der Waals surface area (Å²) in [5.74, 6) is -1.53. The summed E-state index contributed by atoms with van der Waals surface area (Å²) in [4.78, 5) is 14.0. The third-order valence-corrected chi connectivity index (χ3v) is 4.20. The maximum Gasteiger partial charge on any atom is 0.254 e. The van der Waals surface area contributed by atoms with Crippen molar-refractivity contribution in [1.29, 1.82) is 0 Å². The molecule has 23 heavy (non-hydrogen) atoms. The zero-order valence-electron chi connectivity index (χ0n) is 12.0. The second-order valence-corrected chi connectivity index (χ2v) is 5.97. The van der Waals surface area contributed by atoms with Gasteiger partial charge in [-0.3, -0.25) is 4.79 Å². The van der Waals surface area contributed by atoms with E-state index in [1.165, 1.54) is 4.90 Å². The van der Waals surface area contributed by atoms with Crippen LogP contribution >= 0.6 is 11.6 Å². The second-order valence-electron chi connectivity index (χ2n) is 5.54. The van der Waals surface area contributed by atoms with Crippen molar-refractivity contribution in [2.45, 2.75) is 18.6 Å². The van der Waals surface area contributed by atoms with Gasteiger partial charge in [-0.15, -0.1) is 0 Å². The molecular formula is C17H14ClF2NO2. The predicted molar refractivity (Wildman–Crippen MR) is 82.2 cm³/mol. The van der Waals surface area contributed by atoms with E-state index in [1.54, 1.807) is 24.3 Å². The van der Waals surface area contributed by atoms with Gasteiger partial charge in [-0.25, -0.2) is 8.78 Å². The Labute approximate surface area is 137 Å². The molecule has 0 aromatic heterocycles. The van der Waals surface area contributed by atoms with Crippen LogP contribution in [-0.4, -0.2) is 28.6 Å². The smallest absolute Gasteiger partial charge is 0.254 e. The summed E-state index contributed by atoms with van der Waals surface area (Å²) in [7, 11) is 0. The molecule has 1 fully saturated rings. The Morgan fingerprint density at radius 2 is 1.87 bits per heavy atom. The molecule has 2 unspecified atom stereocenters. The fraction of sp³-hybridized carbons (Fsp3) is 0.235. The fourth-order valence-corrected chi connectivity index (χ4v) is 2.99. The Kier molecular flexibility index (Phi) is 4.33. The van der Waals surface area contributed by atoms with Gasteiger partial charge in [0, 0.05) is 22.7 Å². The van der Waals surface area contributed by atoms with Gasteiger partial charge in [0.25, 0.3) is 5.91 Å². The van der Waals surface area contributed by atoms with E-state index >= 15 is 0 Å². The largest absolute Gasteiger partial charge is 0.391 e. The highest BCUT2D eigenvalue weighted by Gasteiger charge is 2.37. The van der Waals surface area contributed by atoms with Crippen molar-refractivity contribution in [2.24, 2.45) is 0 Å². The molecule has 0 aliphatic carbocycles. The quantitative estimate of drug-likeness (QED) is 0.910. The van der Waals surface area contributed by atoms with E-state index in [-0.39, 0.29) is 24.4 Å². The summed E-state index contributed by atoms with van der Waals surface area (Å²) in [5.41, 5.74) is 0.453. The van der Waals surface area contributed by atoms with Gasteiger partial charge in [0.15, 0.2) is 0 Å². The van der Waals surface area contributed by atoms with Gasteiger partial charge >= 0.3 is 0 Å². The van der Waals surface area contributed by atoms with E-state index in [0.717, 1.165) is 18.2 Å². The van der Waals surface area contributed by atoms with Crippen molar-refractivity contribution in [2.75, 3.05) is 6.54 Å². The number of aliphatic hydroxyl groups excluding tert-OH is 1. The molecule has 1 heterocycles. The molecule has 0 bridgehead atoms. The molecule has 1 aliphatic heterocycles. The Hall–Kier alpha value is -1.98. The monoisotopic (exact) mass is 337 g/mol. The van der Waals surface area contributed by atoms with Crippen LogP contribution in [-0.2, 0) is 0 Å². The van der Waals surface area contributed by atoms with Gasteiger partial charge in [-0.05, 0) is 48.9 Å². The van der Waals surface area contributed by atoms with Crippen molar-refractivity contribution >= 4 is 17.5 Å². The maximum absolute atomic E-state index is 14.0. The molecule has 3 nitrogen and oxygen atoms in total. The lowest BCUT2D eigenvalue weighted by atomic mass is 10.0. The third kappa shape index (κ3) is 3.21. The first-order chi connectivity index (χ1) is 11.0. The van der Waals surface area contributed by atoms with Crippen LogP contribution in [0.25, 0.3) is 0 Å². The van der Waals surface area contributed by atoms with Gasteiger partial charge in [-0.1, -0.05) is 11.6 Å². The summed E-state index contributed by atoms with van der Waals surface area (Å²) in [6, 6.07) is 8.71. The number of benzene rings is 2. The normalized spacial score (nSPS) is 20.8. The van der Waals surface area contributed by atoms with Crippen LogP contribution in [0, 0.1) is 11.6 Å². The molecule has 2 atom stereocenters. The molecule has 1 N–H and O–H groups in total. The van der Waals surface area contributed by atoms with Gasteiger partial charge < -0.3 is 10.0 Å². The molecule has 0 spiro atoms. The number of halogens is 3. The van der Waals surface area contributed by atoms with Crippen LogP contribution in [0.5, 0.6) is 0 Å². The van der Waals surface area contributed by atoms with Crippen LogP contribution in [0.2, 0.25) is 5.02 Å². The van der Waals surface area contributed by atoms with Gasteiger partial charge in [-0.2, -0.15) is 0 Å². The lowest BCUT2D eigenvalue weighted by Gasteiger charge is -2.25. The molecule has 1 aliphatic rings. The first-order valence-corrected chi connectivity index (χ1v) is 7.53. The number of β-amino-alcohol motifs (C(OH)–C–C–N with tert-alkyl or cyclic N) is 1. The number of hydrogen-bond donors (Lipinski definition) is 1. The summed E-state index contributed by atoms with van der Waals surface area (Å²) < 4.78 is 27.5. The minimum absolute atomic E-state index is 0.0715. The fourth-order valence-electron chi connectivity index (χ4n) is 2.86. The summed E-state index contributed by atoms with van der Waals surface area (Å²) in [6.07, 6.45) is -0.612. The average Bonchev–Trinajstić information content (AvgIpc) is 2.91. The summed E-state index contributed by atoms with van der Waals surface area (Å²) >= 11 is 5.81. The van der Waals surface area contributed by atoms with E-state index in [1.807, 2.05) is 0 Å². The molecular weight excluding hydrogens is 324 g/mol. The molecule has 2 aromatic rings. The zero-order chi connectivity index (χ0) is 16.6. The Morgan fingerprint density at radius 1 is 1.17 bits per heavy atom. The minimum Gasteiger partial charge on any atom is -0.391 e. The predicted octanol–water partition coefficient (Wildman–Crippen LogP) is 3.57. The van der Waals surface area contributed by atoms with Crippen LogP contribution < -0.4 is 0 Å². The Balaban J connectivity index is 1.95. The van der Waals surface area contributed by atoms with E-state index in [0.29, 0.717) is 10.6 Å². The highest BCUT2D eigenvalue weighted by molar-refractivity contribution is 6.30. The molecule has 3 rings (SSSR count). The van der Waals surface area contributed by atoms with Crippen LogP contribution in [0.4, 0.5) is 8.78 Å². The lowest BCUT2D eigenvalue weighted by Crippen LogP contribution is -2.32. The van der Waals surface area contributed by atoms with E-state index in [9.17, 15) is 18.7 Å². The first-order valence-electron chi connectivity index (χ1n) is 7.15. The highest BCUT2D eigenvalue weighted by Crippen LogP contribution is 2.35. The van der Waals surface area contributed by atoms with E-state index < -0.39 is 23.8 Å². The molecule has 2 aromatic carbocycles. The minimum atomic E-state index is -0.779. The van der Waals surface area contributed by atoms with Crippen molar-refractivity contribution in [3.05, 3.63) is 70.2 Å². The van der Waals surface area contributed by atoms with Crippen molar-refractivity contribution in [3.8, 4) is 0 Å². The average molecular weight is 338 g/mol. The number of likely N-dealkylation sites (tertiary alicyclic amines) is 1. The summed E-state index contributed by atoms with van der Waals surface area (Å²) in [6.45, 7) is 0.0715. The lowest BCUT2D eigenvalue weighted by molar-refractivity contribution is 0.0713. The third-order valence-electron chi connectivity index (χ3n) is 3.95. The number of hydrogen-bond acceptors (Lipinski definition) is 2. The first kappa shape index (κ1) is 15.9. The highest BCUT2D eigenvalue weighted by atomic mass is 35.5. The molecule has 0 radical (unpaired) electrons. The number of rotatable bonds is 2. The zero-order valence-corrected chi connectivity index (χ0v) is 12.8. The molecule has 0 saturated carbocycles. The van der Waals surface area contributed by atoms with Gasteiger partial charge in [0.05, 0.1) is 12.1 Å². The number of nitrogens with zero attached hydrogens (tertiary/aromatic N) is 1. The standard InChI is InChI=1S/C17H14ClF2NO2/c18-11-3-1-10(2-4-11)17(23)21-9-13(22)8-16(21)14-7-12(19)5-6-15(14)20/h1-7,13,16,22H,8-9H2. The molecule has 1 saturated heterocycles. The van der Waals surface area contributed by atoms with E-state index in [2.05, 4.69) is 0 Å².